The minimum atomic E-state index is -3.74. The summed E-state index contributed by atoms with van der Waals surface area (Å²) < 4.78 is 37.1. The van der Waals surface area contributed by atoms with E-state index in [0.29, 0.717) is 18.0 Å². The minimum Gasteiger partial charge on any atom is -0.495 e. The zero-order valence-electron chi connectivity index (χ0n) is 19.7. The molecule has 0 bridgehead atoms. The maximum atomic E-state index is 12.9. The molecule has 180 valence electrons. The largest absolute Gasteiger partial charge is 0.495 e. The molecular weight excluding hydrogens is 442 g/mol. The maximum absolute atomic E-state index is 12.9. The third-order valence-electron chi connectivity index (χ3n) is 5.66. The number of amides is 1. The van der Waals surface area contributed by atoms with Crippen LogP contribution in [0.5, 0.6) is 5.75 Å². The zero-order chi connectivity index (χ0) is 24.0. The Balaban J connectivity index is 1.66. The van der Waals surface area contributed by atoms with Crippen LogP contribution in [-0.2, 0) is 32.6 Å². The van der Waals surface area contributed by atoms with Crippen molar-refractivity contribution in [3.8, 4) is 5.75 Å². The second-order valence-corrected chi connectivity index (χ2v) is 10.2. The predicted octanol–water partition coefficient (Wildman–Crippen LogP) is 2.31. The molecule has 8 nitrogen and oxygen atoms in total. The lowest BCUT2D eigenvalue weighted by atomic mass is 10.1. The van der Waals surface area contributed by atoms with Crippen LogP contribution in [0.1, 0.15) is 23.6 Å². The van der Waals surface area contributed by atoms with Crippen LogP contribution >= 0.6 is 0 Å². The van der Waals surface area contributed by atoms with Gasteiger partial charge >= 0.3 is 0 Å². The van der Waals surface area contributed by atoms with E-state index >= 15 is 0 Å². The highest BCUT2D eigenvalue weighted by atomic mass is 32.2. The van der Waals surface area contributed by atoms with Crippen LogP contribution in [0.4, 0.5) is 5.69 Å². The molecule has 3 rings (SSSR count). The van der Waals surface area contributed by atoms with Crippen molar-refractivity contribution in [2.45, 2.75) is 33.0 Å². The number of carbonyl (C=O) groups is 1. The summed E-state index contributed by atoms with van der Waals surface area (Å²) in [5.74, 6) is 0.00269. The Kier molecular flexibility index (Phi) is 8.34. The van der Waals surface area contributed by atoms with E-state index in [-0.39, 0.29) is 5.91 Å². The fraction of sp³-hybridized carbons (Fsp3) is 0.458. The fourth-order valence-corrected chi connectivity index (χ4v) is 5.04. The van der Waals surface area contributed by atoms with Crippen molar-refractivity contribution in [2.75, 3.05) is 44.0 Å². The lowest BCUT2D eigenvalue weighted by Crippen LogP contribution is -2.47. The molecule has 1 aliphatic heterocycles. The van der Waals surface area contributed by atoms with Crippen LogP contribution in [0.3, 0.4) is 0 Å². The van der Waals surface area contributed by atoms with Crippen LogP contribution in [0, 0.1) is 6.92 Å². The Hall–Kier alpha value is -2.62. The van der Waals surface area contributed by atoms with Gasteiger partial charge in [0.15, 0.2) is 0 Å². The lowest BCUT2D eigenvalue weighted by Gasteiger charge is -2.29. The molecule has 0 saturated carbocycles. The first kappa shape index (κ1) is 25.0. The van der Waals surface area contributed by atoms with Crippen molar-refractivity contribution < 1.29 is 22.7 Å². The van der Waals surface area contributed by atoms with Crippen molar-refractivity contribution >= 4 is 21.6 Å². The molecule has 0 aliphatic carbocycles. The Morgan fingerprint density at radius 3 is 2.39 bits per heavy atom. The first-order chi connectivity index (χ1) is 15.7. The molecule has 2 aromatic carbocycles. The van der Waals surface area contributed by atoms with E-state index in [4.69, 9.17) is 9.47 Å². The molecule has 1 heterocycles. The molecule has 1 aliphatic rings. The number of hydrogen-bond acceptors (Lipinski definition) is 6. The number of nitrogens with zero attached hydrogens (tertiary/aromatic N) is 2. The number of methoxy groups -OCH3 is 1. The van der Waals surface area contributed by atoms with Gasteiger partial charge in [-0.15, -0.1) is 0 Å². The van der Waals surface area contributed by atoms with Crippen LogP contribution < -0.4 is 14.4 Å². The van der Waals surface area contributed by atoms with Crippen molar-refractivity contribution in [2.24, 2.45) is 0 Å². The van der Waals surface area contributed by atoms with Crippen molar-refractivity contribution in [3.63, 3.8) is 0 Å². The Bertz CT molecular complexity index is 1050. The molecule has 2 aromatic rings. The van der Waals surface area contributed by atoms with Crippen molar-refractivity contribution in [3.05, 3.63) is 59.2 Å². The Labute approximate surface area is 196 Å². The number of rotatable bonds is 9. The number of sulfonamides is 1. The summed E-state index contributed by atoms with van der Waals surface area (Å²) in [5.41, 5.74) is 3.36. The zero-order valence-corrected chi connectivity index (χ0v) is 20.5. The summed E-state index contributed by atoms with van der Waals surface area (Å²) in [4.78, 5) is 15.3. The van der Waals surface area contributed by atoms with Crippen LogP contribution in [0.2, 0.25) is 0 Å². The third-order valence-corrected chi connectivity index (χ3v) is 6.89. The lowest BCUT2D eigenvalue weighted by molar-refractivity contribution is -0.122. The number of ether oxygens (including phenoxy) is 2. The van der Waals surface area contributed by atoms with Gasteiger partial charge in [0, 0.05) is 26.2 Å². The van der Waals surface area contributed by atoms with Gasteiger partial charge in [-0.3, -0.25) is 14.0 Å². The predicted molar refractivity (Wildman–Crippen MR) is 129 cm³/mol. The minimum absolute atomic E-state index is 0.309. The molecule has 1 fully saturated rings. The molecule has 33 heavy (non-hydrogen) atoms. The molecule has 1 saturated heterocycles. The molecule has 1 atom stereocenters. The molecule has 1 N–H and O–H groups in total. The maximum Gasteiger partial charge on any atom is 0.243 e. The standard InChI is InChI=1S/C24H33N3O5S/c1-18-5-10-23(31-3)22(15-18)27(33(4,29)30)19(2)24(28)25-16-20-6-8-21(9-7-20)17-26-11-13-32-14-12-26/h5-10,15,19H,11-14,16-17H2,1-4H3,(H,25,28). The second kappa shape index (κ2) is 11.0. The van der Waals surface area contributed by atoms with Gasteiger partial charge in [-0.05, 0) is 42.7 Å². The first-order valence-corrected chi connectivity index (χ1v) is 12.8. The molecule has 9 heteroatoms. The summed E-state index contributed by atoms with van der Waals surface area (Å²) in [5, 5.41) is 2.86. The molecule has 0 radical (unpaired) electrons. The van der Waals surface area contributed by atoms with Gasteiger partial charge in [0.25, 0.3) is 0 Å². The number of nitrogens with one attached hydrogen (secondary N) is 1. The topological polar surface area (TPSA) is 88.2 Å². The van der Waals surface area contributed by atoms with E-state index in [0.717, 1.165) is 54.5 Å². The van der Waals surface area contributed by atoms with E-state index in [9.17, 15) is 13.2 Å². The molecule has 1 amide bonds. The van der Waals surface area contributed by atoms with Crippen molar-refractivity contribution in [1.82, 2.24) is 10.2 Å². The quantitative estimate of drug-likeness (QED) is 0.599. The average molecular weight is 476 g/mol. The number of aryl methyl sites for hydroxylation is 1. The molecule has 0 spiro atoms. The second-order valence-electron chi connectivity index (χ2n) is 8.33. The van der Waals surface area contributed by atoms with E-state index in [1.807, 2.05) is 25.1 Å². The van der Waals surface area contributed by atoms with Gasteiger partial charge in [-0.2, -0.15) is 0 Å². The van der Waals surface area contributed by atoms with Gasteiger partial charge in [-0.25, -0.2) is 8.42 Å². The average Bonchev–Trinajstić information content (AvgIpc) is 2.78. The third kappa shape index (κ3) is 6.69. The normalized spacial score (nSPS) is 15.6. The first-order valence-electron chi connectivity index (χ1n) is 11.0. The van der Waals surface area contributed by atoms with Gasteiger partial charge in [0.05, 0.1) is 32.3 Å². The summed E-state index contributed by atoms with van der Waals surface area (Å²) in [7, 11) is -2.26. The summed E-state index contributed by atoms with van der Waals surface area (Å²) in [6.07, 6.45) is 1.09. The Morgan fingerprint density at radius 2 is 1.79 bits per heavy atom. The number of carbonyl (C=O) groups excluding carboxylic acids is 1. The van der Waals surface area contributed by atoms with Gasteiger partial charge in [-0.1, -0.05) is 30.3 Å². The van der Waals surface area contributed by atoms with Gasteiger partial charge in [0.1, 0.15) is 11.8 Å². The fourth-order valence-electron chi connectivity index (χ4n) is 3.87. The number of anilines is 1. The van der Waals surface area contributed by atoms with E-state index in [1.165, 1.54) is 12.7 Å². The summed E-state index contributed by atoms with van der Waals surface area (Å²) in [6.45, 7) is 8.00. The van der Waals surface area contributed by atoms with Gasteiger partial charge < -0.3 is 14.8 Å². The van der Waals surface area contributed by atoms with E-state index in [2.05, 4.69) is 22.3 Å². The van der Waals surface area contributed by atoms with E-state index in [1.54, 1.807) is 19.1 Å². The van der Waals surface area contributed by atoms with Crippen LogP contribution in [-0.4, -0.2) is 64.9 Å². The highest BCUT2D eigenvalue weighted by Crippen LogP contribution is 2.32. The molecular formula is C24H33N3O5S. The number of hydrogen-bond donors (Lipinski definition) is 1. The SMILES string of the molecule is COc1ccc(C)cc1N(C(C)C(=O)NCc1ccc(CN2CCOCC2)cc1)S(C)(=O)=O. The summed E-state index contributed by atoms with van der Waals surface area (Å²) >= 11 is 0. The summed E-state index contributed by atoms with van der Waals surface area (Å²) in [6, 6.07) is 12.4. The number of benzene rings is 2. The number of morpholine rings is 1. The van der Waals surface area contributed by atoms with Gasteiger partial charge in [0.2, 0.25) is 15.9 Å². The van der Waals surface area contributed by atoms with E-state index < -0.39 is 16.1 Å². The highest BCUT2D eigenvalue weighted by Gasteiger charge is 2.31. The smallest absolute Gasteiger partial charge is 0.243 e. The van der Waals surface area contributed by atoms with Crippen LogP contribution in [0.25, 0.3) is 0 Å². The molecule has 0 aromatic heterocycles. The molecule has 1 unspecified atom stereocenters. The van der Waals surface area contributed by atoms with Crippen molar-refractivity contribution in [1.29, 1.82) is 0 Å². The highest BCUT2D eigenvalue weighted by molar-refractivity contribution is 7.92. The Morgan fingerprint density at radius 1 is 1.15 bits per heavy atom. The van der Waals surface area contributed by atoms with Crippen LogP contribution in [0.15, 0.2) is 42.5 Å². The monoisotopic (exact) mass is 475 g/mol.